The molecular formula is C22H23N3O3. The quantitative estimate of drug-likeness (QED) is 0.752. The summed E-state index contributed by atoms with van der Waals surface area (Å²) in [5.74, 6) is 0.960. The molecule has 1 aromatic carbocycles. The van der Waals surface area contributed by atoms with Gasteiger partial charge in [0.05, 0.1) is 24.2 Å². The van der Waals surface area contributed by atoms with Gasteiger partial charge in [0.1, 0.15) is 17.1 Å². The first-order chi connectivity index (χ1) is 13.5. The Morgan fingerprint density at radius 1 is 1.11 bits per heavy atom. The van der Waals surface area contributed by atoms with Crippen LogP contribution in [-0.4, -0.2) is 32.8 Å². The normalized spacial score (nSPS) is 16.2. The molecule has 0 bridgehead atoms. The van der Waals surface area contributed by atoms with Gasteiger partial charge >= 0.3 is 0 Å². The third-order valence-electron chi connectivity index (χ3n) is 5.35. The Labute approximate surface area is 163 Å². The molecule has 2 heterocycles. The van der Waals surface area contributed by atoms with Crippen LogP contribution < -0.4 is 4.74 Å². The second-order valence-corrected chi connectivity index (χ2v) is 7.28. The number of hydrogen-bond donors (Lipinski definition) is 1. The third kappa shape index (κ3) is 3.43. The number of rotatable bonds is 4. The number of aromatic nitrogens is 3. The van der Waals surface area contributed by atoms with Crippen LogP contribution in [0.4, 0.5) is 0 Å². The van der Waals surface area contributed by atoms with Crippen LogP contribution in [0.3, 0.4) is 0 Å². The first-order valence-electron chi connectivity index (χ1n) is 9.41. The number of Topliss-reactive ketones (excluding diaryl/α,β-unsaturated/α-hetero) is 1. The molecule has 6 nitrogen and oxygen atoms in total. The van der Waals surface area contributed by atoms with Gasteiger partial charge in [-0.25, -0.2) is 4.68 Å². The number of hydrogen-bond acceptors (Lipinski definition) is 5. The third-order valence-corrected chi connectivity index (χ3v) is 5.35. The molecule has 1 aliphatic rings. The molecule has 1 saturated carbocycles. The summed E-state index contributed by atoms with van der Waals surface area (Å²) in [5.41, 5.74) is 3.06. The van der Waals surface area contributed by atoms with Gasteiger partial charge < -0.3 is 9.84 Å². The zero-order valence-electron chi connectivity index (χ0n) is 16.1. The lowest BCUT2D eigenvalue weighted by Crippen LogP contribution is -2.32. The number of pyridine rings is 1. The van der Waals surface area contributed by atoms with E-state index in [2.05, 4.69) is 4.98 Å². The zero-order chi connectivity index (χ0) is 19.7. The smallest absolute Gasteiger partial charge is 0.133 e. The van der Waals surface area contributed by atoms with Crippen molar-refractivity contribution < 1.29 is 14.6 Å². The molecule has 0 unspecified atom stereocenters. The molecule has 0 spiro atoms. The van der Waals surface area contributed by atoms with Crippen molar-refractivity contribution in [3.63, 3.8) is 0 Å². The fraction of sp³-hybridized carbons (Fsp3) is 0.318. The highest BCUT2D eigenvalue weighted by molar-refractivity contribution is 5.79. The Morgan fingerprint density at radius 2 is 1.82 bits per heavy atom. The van der Waals surface area contributed by atoms with Crippen molar-refractivity contribution in [3.8, 4) is 22.7 Å². The number of aliphatic hydroxyl groups is 1. The minimum absolute atomic E-state index is 0.197. The Morgan fingerprint density at radius 3 is 2.43 bits per heavy atom. The summed E-state index contributed by atoms with van der Waals surface area (Å²) in [5, 5.41) is 15.9. The molecule has 0 aliphatic heterocycles. The van der Waals surface area contributed by atoms with Crippen molar-refractivity contribution in [1.82, 2.24) is 14.8 Å². The largest absolute Gasteiger partial charge is 0.497 e. The average Bonchev–Trinajstić information content (AvgIpc) is 3.17. The van der Waals surface area contributed by atoms with Gasteiger partial charge in [-0.1, -0.05) is 0 Å². The van der Waals surface area contributed by atoms with Crippen LogP contribution in [0.2, 0.25) is 0 Å². The van der Waals surface area contributed by atoms with Crippen LogP contribution in [0.25, 0.3) is 16.9 Å². The van der Waals surface area contributed by atoms with Gasteiger partial charge in [-0.3, -0.25) is 9.78 Å². The highest BCUT2D eigenvalue weighted by Gasteiger charge is 2.37. The summed E-state index contributed by atoms with van der Waals surface area (Å²) < 4.78 is 7.06. The lowest BCUT2D eigenvalue weighted by molar-refractivity contribution is -0.125. The molecule has 0 saturated heterocycles. The number of aryl methyl sites for hydroxylation is 1. The fourth-order valence-corrected chi connectivity index (χ4v) is 3.55. The Bertz CT molecular complexity index is 981. The van der Waals surface area contributed by atoms with Gasteiger partial charge in [0.25, 0.3) is 0 Å². The van der Waals surface area contributed by atoms with Crippen LogP contribution in [0, 0.1) is 6.92 Å². The predicted molar refractivity (Wildman–Crippen MR) is 105 cm³/mol. The van der Waals surface area contributed by atoms with Crippen LogP contribution >= 0.6 is 0 Å². The van der Waals surface area contributed by atoms with Gasteiger partial charge in [-0.2, -0.15) is 5.10 Å². The number of ketones is 1. The molecule has 1 fully saturated rings. The van der Waals surface area contributed by atoms with E-state index >= 15 is 0 Å². The number of ether oxygens (including phenoxy) is 1. The van der Waals surface area contributed by atoms with Crippen LogP contribution in [-0.2, 0) is 10.4 Å². The molecule has 6 heteroatoms. The monoisotopic (exact) mass is 377 g/mol. The van der Waals surface area contributed by atoms with Gasteiger partial charge in [-0.15, -0.1) is 0 Å². The van der Waals surface area contributed by atoms with Crippen molar-refractivity contribution in [1.29, 1.82) is 0 Å². The molecule has 0 atom stereocenters. The molecule has 1 aliphatic carbocycles. The molecule has 144 valence electrons. The molecule has 1 N–H and O–H groups in total. The van der Waals surface area contributed by atoms with E-state index in [4.69, 9.17) is 9.84 Å². The maximum absolute atomic E-state index is 11.6. The van der Waals surface area contributed by atoms with E-state index in [0.717, 1.165) is 28.4 Å². The van der Waals surface area contributed by atoms with Gasteiger partial charge in [0.2, 0.25) is 0 Å². The molecule has 0 amide bonds. The number of carbonyl (C=O) groups is 1. The molecule has 2 aromatic heterocycles. The summed E-state index contributed by atoms with van der Waals surface area (Å²) in [7, 11) is 1.63. The van der Waals surface area contributed by atoms with Crippen molar-refractivity contribution >= 4 is 5.78 Å². The second kappa shape index (κ2) is 7.20. The van der Waals surface area contributed by atoms with E-state index in [1.165, 1.54) is 0 Å². The Balaban J connectivity index is 1.81. The van der Waals surface area contributed by atoms with E-state index < -0.39 is 5.60 Å². The number of benzene rings is 1. The van der Waals surface area contributed by atoms with Crippen molar-refractivity contribution in [2.24, 2.45) is 0 Å². The minimum Gasteiger partial charge on any atom is -0.497 e. The fourth-order valence-electron chi connectivity index (χ4n) is 3.55. The zero-order valence-corrected chi connectivity index (χ0v) is 16.1. The SMILES string of the molecule is COc1ccc(-n2nc(C3(O)CCC(=O)CC3)cc2-c2ccc(C)nc2)cc1. The molecule has 3 aromatic rings. The average molecular weight is 377 g/mol. The Hall–Kier alpha value is -2.99. The van der Waals surface area contributed by atoms with E-state index in [9.17, 15) is 9.90 Å². The maximum Gasteiger partial charge on any atom is 0.133 e. The second-order valence-electron chi connectivity index (χ2n) is 7.28. The number of nitrogens with zero attached hydrogens (tertiary/aromatic N) is 3. The van der Waals surface area contributed by atoms with E-state index in [1.807, 2.05) is 60.3 Å². The summed E-state index contributed by atoms with van der Waals surface area (Å²) in [6, 6.07) is 13.5. The van der Waals surface area contributed by atoms with Crippen LogP contribution in [0.5, 0.6) is 5.75 Å². The first-order valence-corrected chi connectivity index (χ1v) is 9.41. The van der Waals surface area contributed by atoms with Gasteiger partial charge in [0.15, 0.2) is 0 Å². The molecule has 4 rings (SSSR count). The van der Waals surface area contributed by atoms with Crippen molar-refractivity contribution in [2.75, 3.05) is 7.11 Å². The molecular weight excluding hydrogens is 354 g/mol. The van der Waals surface area contributed by atoms with E-state index in [0.29, 0.717) is 31.4 Å². The van der Waals surface area contributed by atoms with E-state index in [-0.39, 0.29) is 5.78 Å². The number of methoxy groups -OCH3 is 1. The summed E-state index contributed by atoms with van der Waals surface area (Å²) in [6.07, 6.45) is 3.37. The van der Waals surface area contributed by atoms with Crippen molar-refractivity contribution in [2.45, 2.75) is 38.2 Å². The summed E-state index contributed by atoms with van der Waals surface area (Å²) >= 11 is 0. The lowest BCUT2D eigenvalue weighted by Gasteiger charge is -2.29. The summed E-state index contributed by atoms with van der Waals surface area (Å²) in [6.45, 7) is 1.94. The van der Waals surface area contributed by atoms with Gasteiger partial charge in [0, 0.05) is 30.3 Å². The molecule has 0 radical (unpaired) electrons. The van der Waals surface area contributed by atoms with Crippen molar-refractivity contribution in [3.05, 3.63) is 60.0 Å². The van der Waals surface area contributed by atoms with Crippen LogP contribution in [0.15, 0.2) is 48.7 Å². The molecule has 28 heavy (non-hydrogen) atoms. The Kier molecular flexibility index (Phi) is 4.73. The minimum atomic E-state index is -1.08. The van der Waals surface area contributed by atoms with E-state index in [1.54, 1.807) is 7.11 Å². The highest BCUT2D eigenvalue weighted by atomic mass is 16.5. The predicted octanol–water partition coefficient (Wildman–Crippen LogP) is 3.58. The maximum atomic E-state index is 11.6. The summed E-state index contributed by atoms with van der Waals surface area (Å²) in [4.78, 5) is 16.0. The topological polar surface area (TPSA) is 77.2 Å². The van der Waals surface area contributed by atoms with Crippen LogP contribution in [0.1, 0.15) is 37.1 Å². The van der Waals surface area contributed by atoms with Gasteiger partial charge in [-0.05, 0) is 62.2 Å². The standard InChI is InChI=1S/C22H23N3O3/c1-15-3-4-16(14-23-15)20-13-21(22(27)11-9-18(26)10-12-22)24-25(20)17-5-7-19(28-2)8-6-17/h3-8,13-14,27H,9-12H2,1-2H3. The highest BCUT2D eigenvalue weighted by Crippen LogP contribution is 2.37. The first kappa shape index (κ1) is 18.4. The lowest BCUT2D eigenvalue weighted by atomic mass is 9.82. The number of carbonyl (C=O) groups excluding carboxylic acids is 1.